The molecule has 2 atom stereocenters. The molecular weight excluding hydrogens is 344 g/mol. The number of methoxy groups -OCH3 is 1. The smallest absolute Gasteiger partial charge is 0.254 e. The van der Waals surface area contributed by atoms with Crippen molar-refractivity contribution in [1.29, 1.82) is 0 Å². The van der Waals surface area contributed by atoms with Crippen molar-refractivity contribution in [2.75, 3.05) is 20.2 Å². The molecule has 1 heterocycles. The van der Waals surface area contributed by atoms with Crippen LogP contribution in [0.15, 0.2) is 24.3 Å². The first kappa shape index (κ1) is 19.5. The summed E-state index contributed by atoms with van der Waals surface area (Å²) < 4.78 is 11.3. The number of piperidine rings is 1. The maximum atomic E-state index is 12.6. The average molecular weight is 369 g/mol. The summed E-state index contributed by atoms with van der Waals surface area (Å²) in [5.41, 5.74) is 4.49. The summed E-state index contributed by atoms with van der Waals surface area (Å²) in [6.45, 7) is 4.39. The molecule has 1 aliphatic rings. The summed E-state index contributed by atoms with van der Waals surface area (Å²) in [6, 6.07) is 7.12. The van der Waals surface area contributed by atoms with Gasteiger partial charge >= 0.3 is 0 Å². The van der Waals surface area contributed by atoms with Crippen LogP contribution in [-0.4, -0.2) is 48.6 Å². The summed E-state index contributed by atoms with van der Waals surface area (Å²) in [6.07, 6.45) is 0.555. The van der Waals surface area contributed by atoms with Gasteiger partial charge in [-0.05, 0) is 32.0 Å². The zero-order chi connectivity index (χ0) is 18.6. The number of hydrogen-bond donors (Lipinski definition) is 1. The zero-order valence-electron chi connectivity index (χ0n) is 14.8. The average Bonchev–Trinajstić information content (AvgIpc) is 2.55. The van der Waals surface area contributed by atoms with E-state index in [-0.39, 0.29) is 24.3 Å². The molecule has 1 aliphatic heterocycles. The van der Waals surface area contributed by atoms with Gasteiger partial charge in [-0.15, -0.1) is 0 Å². The molecule has 2 N–H and O–H groups in total. The van der Waals surface area contributed by atoms with Crippen LogP contribution in [0.25, 0.3) is 0 Å². The first-order chi connectivity index (χ1) is 11.7. The topological polar surface area (TPSA) is 81.9 Å². The lowest BCUT2D eigenvalue weighted by atomic mass is 9.90. The van der Waals surface area contributed by atoms with Crippen LogP contribution >= 0.6 is 11.6 Å². The maximum absolute atomic E-state index is 12.6. The van der Waals surface area contributed by atoms with Gasteiger partial charge in [-0.3, -0.25) is 9.59 Å². The van der Waals surface area contributed by atoms with Crippen molar-refractivity contribution >= 4 is 23.4 Å². The fourth-order valence-corrected chi connectivity index (χ4v) is 3.17. The minimum absolute atomic E-state index is 0.106. The van der Waals surface area contributed by atoms with E-state index in [0.29, 0.717) is 30.3 Å². The van der Waals surface area contributed by atoms with Crippen molar-refractivity contribution in [3.63, 3.8) is 0 Å². The number of hydrogen-bond acceptors (Lipinski definition) is 4. The number of benzene rings is 1. The Hall–Kier alpha value is -1.79. The Morgan fingerprint density at radius 1 is 1.40 bits per heavy atom. The molecule has 1 aromatic rings. The molecule has 0 aromatic heterocycles. The van der Waals surface area contributed by atoms with E-state index in [9.17, 15) is 9.59 Å². The predicted molar refractivity (Wildman–Crippen MR) is 95.5 cm³/mol. The molecule has 7 heteroatoms. The summed E-state index contributed by atoms with van der Waals surface area (Å²) >= 11 is 5.99. The van der Waals surface area contributed by atoms with E-state index in [2.05, 4.69) is 0 Å². The second-order valence-electron chi connectivity index (χ2n) is 6.80. The Morgan fingerprint density at radius 2 is 2.12 bits per heavy atom. The first-order valence-corrected chi connectivity index (χ1v) is 8.66. The Labute approximate surface area is 153 Å². The third kappa shape index (κ3) is 5.09. The summed E-state index contributed by atoms with van der Waals surface area (Å²) in [7, 11) is 1.51. The van der Waals surface area contributed by atoms with Gasteiger partial charge in [0.25, 0.3) is 5.91 Å². The highest BCUT2D eigenvalue weighted by atomic mass is 35.5. The molecule has 138 valence electrons. The minimum Gasteiger partial charge on any atom is -0.490 e. The maximum Gasteiger partial charge on any atom is 0.254 e. The molecule has 2 amide bonds. The Morgan fingerprint density at radius 3 is 2.72 bits per heavy atom. The zero-order valence-corrected chi connectivity index (χ0v) is 15.6. The number of nitrogens with zero attached hydrogens (tertiary/aromatic N) is 1. The van der Waals surface area contributed by atoms with Gasteiger partial charge in [0.2, 0.25) is 5.91 Å². The molecular formula is C18H25ClN2O4. The lowest BCUT2D eigenvalue weighted by molar-refractivity contribution is -0.155. The van der Waals surface area contributed by atoms with Crippen molar-refractivity contribution in [2.24, 2.45) is 11.7 Å². The highest BCUT2D eigenvalue weighted by Gasteiger charge is 2.39. The number of nitrogens with two attached hydrogens (primary N) is 1. The van der Waals surface area contributed by atoms with Crippen LogP contribution in [0.4, 0.5) is 0 Å². The van der Waals surface area contributed by atoms with E-state index in [4.69, 9.17) is 26.8 Å². The van der Waals surface area contributed by atoms with Gasteiger partial charge in [0.1, 0.15) is 17.5 Å². The molecule has 1 fully saturated rings. The Balaban J connectivity index is 2.12. The molecule has 0 saturated carbocycles. The third-order valence-corrected chi connectivity index (χ3v) is 4.76. The van der Waals surface area contributed by atoms with Crippen LogP contribution in [0.1, 0.15) is 26.7 Å². The second-order valence-corrected chi connectivity index (χ2v) is 7.23. The minimum atomic E-state index is -0.905. The van der Waals surface area contributed by atoms with Crippen LogP contribution in [0.3, 0.4) is 0 Å². The van der Waals surface area contributed by atoms with Gasteiger partial charge in [0.05, 0.1) is 0 Å². The lowest BCUT2D eigenvalue weighted by Crippen LogP contribution is -2.54. The molecule has 2 rings (SSSR count). The lowest BCUT2D eigenvalue weighted by Gasteiger charge is -2.40. The Bertz CT molecular complexity index is 635. The van der Waals surface area contributed by atoms with Crippen LogP contribution < -0.4 is 10.5 Å². The molecule has 0 aliphatic carbocycles. The van der Waals surface area contributed by atoms with Crippen LogP contribution in [0.2, 0.25) is 5.02 Å². The fraction of sp³-hybridized carbons (Fsp3) is 0.556. The number of primary amides is 1. The predicted octanol–water partition coefficient (Wildman–Crippen LogP) is 2.24. The highest BCUT2D eigenvalue weighted by molar-refractivity contribution is 6.30. The van der Waals surface area contributed by atoms with Crippen molar-refractivity contribution in [3.05, 3.63) is 29.3 Å². The van der Waals surface area contributed by atoms with E-state index in [0.717, 1.165) is 0 Å². The van der Waals surface area contributed by atoms with Crippen molar-refractivity contribution in [1.82, 2.24) is 4.90 Å². The summed E-state index contributed by atoms with van der Waals surface area (Å²) in [5, 5.41) is 0.582. The van der Waals surface area contributed by atoms with E-state index >= 15 is 0 Å². The van der Waals surface area contributed by atoms with Gasteiger partial charge in [-0.2, -0.15) is 0 Å². The highest BCUT2D eigenvalue weighted by Crippen LogP contribution is 2.28. The van der Waals surface area contributed by atoms with Gasteiger partial charge < -0.3 is 20.1 Å². The molecule has 0 bridgehead atoms. The van der Waals surface area contributed by atoms with Gasteiger partial charge in [0.15, 0.2) is 0 Å². The van der Waals surface area contributed by atoms with Crippen molar-refractivity contribution in [3.8, 4) is 5.75 Å². The number of carbonyl (C=O) groups excluding carboxylic acids is 2. The number of halogens is 1. The van der Waals surface area contributed by atoms with Crippen LogP contribution in [0.5, 0.6) is 5.75 Å². The SMILES string of the molecule is COC(C)(C)C(=O)N1CC[C@H](Oc2cccc(Cl)c2)[C@@H](CC(N)=O)C1. The van der Waals surface area contributed by atoms with Crippen LogP contribution in [0, 0.1) is 5.92 Å². The van der Waals surface area contributed by atoms with E-state index in [1.165, 1.54) is 7.11 Å². The normalized spacial score (nSPS) is 21.0. The number of amides is 2. The van der Waals surface area contributed by atoms with Crippen molar-refractivity contribution < 1.29 is 19.1 Å². The quantitative estimate of drug-likeness (QED) is 0.834. The van der Waals surface area contributed by atoms with Crippen LogP contribution in [-0.2, 0) is 14.3 Å². The first-order valence-electron chi connectivity index (χ1n) is 8.28. The van der Waals surface area contributed by atoms with E-state index in [1.807, 2.05) is 6.07 Å². The monoisotopic (exact) mass is 368 g/mol. The molecule has 0 radical (unpaired) electrons. The Kier molecular flexibility index (Phi) is 6.30. The molecule has 0 spiro atoms. The number of rotatable bonds is 6. The molecule has 25 heavy (non-hydrogen) atoms. The molecule has 1 aromatic carbocycles. The number of ether oxygens (including phenoxy) is 2. The number of likely N-dealkylation sites (tertiary alicyclic amines) is 1. The van der Waals surface area contributed by atoms with Gasteiger partial charge in [-0.1, -0.05) is 17.7 Å². The number of carbonyl (C=O) groups is 2. The van der Waals surface area contributed by atoms with E-state index < -0.39 is 11.5 Å². The van der Waals surface area contributed by atoms with Gasteiger partial charge in [0, 0.05) is 44.0 Å². The summed E-state index contributed by atoms with van der Waals surface area (Å²) in [5.74, 6) is -0.0542. The van der Waals surface area contributed by atoms with Gasteiger partial charge in [-0.25, -0.2) is 0 Å². The largest absolute Gasteiger partial charge is 0.490 e. The summed E-state index contributed by atoms with van der Waals surface area (Å²) in [4.78, 5) is 25.8. The molecule has 1 saturated heterocycles. The fourth-order valence-electron chi connectivity index (χ4n) is 2.99. The van der Waals surface area contributed by atoms with Crippen molar-refractivity contribution in [2.45, 2.75) is 38.4 Å². The molecule has 0 unspecified atom stereocenters. The second kappa shape index (κ2) is 8.06. The molecule has 6 nitrogen and oxygen atoms in total. The third-order valence-electron chi connectivity index (χ3n) is 4.52. The van der Waals surface area contributed by atoms with E-state index in [1.54, 1.807) is 36.9 Å². The standard InChI is InChI=1S/C18H25ClN2O4/c1-18(2,24-3)17(23)21-8-7-15(12(11-21)9-16(20)22)25-14-6-4-5-13(19)10-14/h4-6,10,12,15H,7-9,11H2,1-3H3,(H2,20,22)/t12-,15-/m0/s1.